The van der Waals surface area contributed by atoms with Crippen LogP contribution in [0.4, 0.5) is 13.2 Å². The molecule has 0 aromatic heterocycles. The van der Waals surface area contributed by atoms with Crippen LogP contribution in [-0.4, -0.2) is 13.1 Å². The van der Waals surface area contributed by atoms with Crippen LogP contribution >= 0.6 is 15.9 Å². The third-order valence-electron chi connectivity index (χ3n) is 4.78. The lowest BCUT2D eigenvalue weighted by atomic mass is 9.85. The molecule has 0 fully saturated rings. The highest BCUT2D eigenvalue weighted by molar-refractivity contribution is 9.09. The van der Waals surface area contributed by atoms with Gasteiger partial charge in [0.05, 0.1) is 18.6 Å². The molecule has 2 aromatic carbocycles. The van der Waals surface area contributed by atoms with Crippen LogP contribution in [0, 0.1) is 5.41 Å². The zero-order valence-electron chi connectivity index (χ0n) is 17.2. The molecule has 158 valence electrons. The highest BCUT2D eigenvalue weighted by Crippen LogP contribution is 2.41. The second-order valence-electron chi connectivity index (χ2n) is 8.40. The molecule has 0 bridgehead atoms. The molecule has 29 heavy (non-hydrogen) atoms. The van der Waals surface area contributed by atoms with Crippen LogP contribution in [0.15, 0.2) is 42.5 Å². The predicted octanol–water partition coefficient (Wildman–Crippen LogP) is 7.52. The van der Waals surface area contributed by atoms with Crippen LogP contribution in [0.5, 0.6) is 0 Å². The van der Waals surface area contributed by atoms with Crippen molar-refractivity contribution in [2.24, 2.45) is 5.41 Å². The van der Waals surface area contributed by atoms with E-state index >= 15 is 0 Å². The lowest BCUT2D eigenvalue weighted by Gasteiger charge is -2.25. The molecule has 0 saturated carbocycles. The summed E-state index contributed by atoms with van der Waals surface area (Å²) < 4.78 is 43.7. The Hall–Kier alpha value is -1.82. The summed E-state index contributed by atoms with van der Waals surface area (Å²) >= 11 is 3.75. The molecule has 6 heteroatoms. The van der Waals surface area contributed by atoms with Crippen molar-refractivity contribution >= 4 is 21.9 Å². The summed E-state index contributed by atoms with van der Waals surface area (Å²) in [5, 5.41) is 0. The lowest BCUT2D eigenvalue weighted by Crippen LogP contribution is -2.12. The van der Waals surface area contributed by atoms with Gasteiger partial charge in [-0.25, -0.2) is 0 Å². The molecule has 0 amide bonds. The molecule has 2 atom stereocenters. The molecule has 0 radical (unpaired) electrons. The van der Waals surface area contributed by atoms with E-state index in [2.05, 4.69) is 36.7 Å². The first kappa shape index (κ1) is 23.5. The molecule has 0 N–H and O–H groups in total. The van der Waals surface area contributed by atoms with Gasteiger partial charge in [0.2, 0.25) is 0 Å². The molecule has 0 spiro atoms. The quantitative estimate of drug-likeness (QED) is 0.333. The molecular weight excluding hydrogens is 445 g/mol. The number of benzene rings is 2. The molecule has 0 unspecified atom stereocenters. The van der Waals surface area contributed by atoms with Crippen molar-refractivity contribution in [3.05, 3.63) is 59.2 Å². The maximum Gasteiger partial charge on any atom is 0.416 e. The Balaban J connectivity index is 2.56. The van der Waals surface area contributed by atoms with Crippen LogP contribution in [0.1, 0.15) is 61.6 Å². The van der Waals surface area contributed by atoms with Crippen LogP contribution in [-0.2, 0) is 15.7 Å². The number of esters is 1. The number of carbonyl (C=O) groups is 1. The number of methoxy groups -OCH3 is 1. The Morgan fingerprint density at radius 1 is 1.07 bits per heavy atom. The second kappa shape index (κ2) is 8.90. The van der Waals surface area contributed by atoms with E-state index in [-0.39, 0.29) is 16.2 Å². The summed E-state index contributed by atoms with van der Waals surface area (Å²) in [6.07, 6.45) is -3.54. The van der Waals surface area contributed by atoms with E-state index in [1.807, 2.05) is 18.2 Å². The summed E-state index contributed by atoms with van der Waals surface area (Å²) in [4.78, 5) is 12.0. The van der Waals surface area contributed by atoms with Gasteiger partial charge in [0, 0.05) is 4.83 Å². The van der Waals surface area contributed by atoms with Crippen molar-refractivity contribution in [2.45, 2.75) is 51.0 Å². The molecule has 2 aromatic rings. The predicted molar refractivity (Wildman–Crippen MR) is 113 cm³/mol. The number of hydrogen-bond donors (Lipinski definition) is 0. The van der Waals surface area contributed by atoms with Crippen LogP contribution < -0.4 is 0 Å². The zero-order valence-corrected chi connectivity index (χ0v) is 18.8. The first-order chi connectivity index (χ1) is 13.3. The Kier molecular flexibility index (Phi) is 7.20. The summed E-state index contributed by atoms with van der Waals surface area (Å²) in [6, 6.07) is 10.8. The van der Waals surface area contributed by atoms with Gasteiger partial charge in [0.15, 0.2) is 0 Å². The van der Waals surface area contributed by atoms with Gasteiger partial charge in [-0.15, -0.1) is 0 Å². The SMILES string of the molecule is COC(=O)[C@H](C)c1ccc([C@@H](Br)CC(C)(C)C)c(-c2ccc(C(F)(F)F)cc2)c1. The van der Waals surface area contributed by atoms with Gasteiger partial charge in [-0.1, -0.05) is 61.0 Å². The molecule has 0 saturated heterocycles. The third-order valence-corrected chi connectivity index (χ3v) is 5.60. The number of halogens is 4. The zero-order chi connectivity index (χ0) is 22.0. The standard InChI is InChI=1S/C23H26BrF3O2/c1-14(21(28)29-5)16-8-11-18(20(24)13-22(2,3)4)19(12-16)15-6-9-17(10-7-15)23(25,26)27/h6-12,14,20H,13H2,1-5H3/t14-,20+/m1/s1. The fraction of sp³-hybridized carbons (Fsp3) is 0.435. The highest BCUT2D eigenvalue weighted by Gasteiger charge is 2.30. The Bertz CT molecular complexity index is 852. The van der Waals surface area contributed by atoms with Gasteiger partial charge in [-0.3, -0.25) is 4.79 Å². The maximum atomic E-state index is 13.0. The van der Waals surface area contributed by atoms with Gasteiger partial charge in [0.1, 0.15) is 0 Å². The second-order valence-corrected chi connectivity index (χ2v) is 9.50. The van der Waals surface area contributed by atoms with E-state index in [9.17, 15) is 18.0 Å². The fourth-order valence-corrected chi connectivity index (χ4v) is 4.54. The molecule has 2 nitrogen and oxygen atoms in total. The molecule has 0 aliphatic carbocycles. The van der Waals surface area contributed by atoms with Gasteiger partial charge in [-0.2, -0.15) is 13.2 Å². The molecule has 2 rings (SSSR count). The van der Waals surface area contributed by atoms with Crippen molar-refractivity contribution in [3.8, 4) is 11.1 Å². The summed E-state index contributed by atoms with van der Waals surface area (Å²) in [7, 11) is 1.34. The molecule has 0 aliphatic heterocycles. The average Bonchev–Trinajstić information content (AvgIpc) is 2.64. The Morgan fingerprint density at radius 3 is 2.14 bits per heavy atom. The first-order valence-corrected chi connectivity index (χ1v) is 10.3. The van der Waals surface area contributed by atoms with E-state index in [4.69, 9.17) is 4.74 Å². The van der Waals surface area contributed by atoms with Gasteiger partial charge >= 0.3 is 12.1 Å². The van der Waals surface area contributed by atoms with Crippen molar-refractivity contribution in [1.82, 2.24) is 0 Å². The number of ether oxygens (including phenoxy) is 1. The minimum absolute atomic E-state index is 0.0160. The highest BCUT2D eigenvalue weighted by atomic mass is 79.9. The Morgan fingerprint density at radius 2 is 1.66 bits per heavy atom. The summed E-state index contributed by atoms with van der Waals surface area (Å²) in [5.74, 6) is -0.833. The minimum atomic E-state index is -4.38. The van der Waals surface area contributed by atoms with Crippen molar-refractivity contribution in [1.29, 1.82) is 0 Å². The van der Waals surface area contributed by atoms with Crippen molar-refractivity contribution < 1.29 is 22.7 Å². The smallest absolute Gasteiger partial charge is 0.416 e. The van der Waals surface area contributed by atoms with Gasteiger partial charge in [-0.05, 0) is 59.2 Å². The van der Waals surface area contributed by atoms with Crippen LogP contribution in [0.25, 0.3) is 11.1 Å². The van der Waals surface area contributed by atoms with Crippen molar-refractivity contribution in [3.63, 3.8) is 0 Å². The van der Waals surface area contributed by atoms with E-state index < -0.39 is 17.7 Å². The molecular formula is C23H26BrF3O2. The Labute approximate surface area is 178 Å². The minimum Gasteiger partial charge on any atom is -0.469 e. The van der Waals surface area contributed by atoms with Crippen LogP contribution in [0.3, 0.4) is 0 Å². The third kappa shape index (κ3) is 6.08. The van der Waals surface area contributed by atoms with E-state index in [0.717, 1.165) is 35.2 Å². The van der Waals surface area contributed by atoms with E-state index in [1.165, 1.54) is 19.2 Å². The number of hydrogen-bond acceptors (Lipinski definition) is 2. The number of rotatable bonds is 5. The topological polar surface area (TPSA) is 26.3 Å². The fourth-order valence-electron chi connectivity index (χ4n) is 3.17. The van der Waals surface area contributed by atoms with Gasteiger partial charge < -0.3 is 4.74 Å². The van der Waals surface area contributed by atoms with E-state index in [0.29, 0.717) is 5.56 Å². The number of carbonyl (C=O) groups excluding carboxylic acids is 1. The monoisotopic (exact) mass is 470 g/mol. The normalized spacial score (nSPS) is 14.4. The molecule has 0 aliphatic rings. The van der Waals surface area contributed by atoms with Crippen molar-refractivity contribution in [2.75, 3.05) is 7.11 Å². The molecule has 0 heterocycles. The maximum absolute atomic E-state index is 13.0. The first-order valence-electron chi connectivity index (χ1n) is 9.37. The van der Waals surface area contributed by atoms with Crippen LogP contribution in [0.2, 0.25) is 0 Å². The lowest BCUT2D eigenvalue weighted by molar-refractivity contribution is -0.142. The van der Waals surface area contributed by atoms with Gasteiger partial charge in [0.25, 0.3) is 0 Å². The average molecular weight is 471 g/mol. The summed E-state index contributed by atoms with van der Waals surface area (Å²) in [5.41, 5.74) is 2.57. The van der Waals surface area contributed by atoms with E-state index in [1.54, 1.807) is 6.92 Å². The summed E-state index contributed by atoms with van der Waals surface area (Å²) in [6.45, 7) is 8.14. The largest absolute Gasteiger partial charge is 0.469 e. The number of alkyl halides is 4.